The van der Waals surface area contributed by atoms with E-state index in [2.05, 4.69) is 64.5 Å². The Hall–Kier alpha value is -2.63. The maximum Gasteiger partial charge on any atom is 0.270 e. The first-order valence-electron chi connectivity index (χ1n) is 9.67. The van der Waals surface area contributed by atoms with Crippen molar-refractivity contribution in [1.29, 1.82) is 0 Å². The van der Waals surface area contributed by atoms with Gasteiger partial charge >= 0.3 is 0 Å². The highest BCUT2D eigenvalue weighted by Crippen LogP contribution is 2.25. The molecule has 2 aromatic rings. The predicted molar refractivity (Wildman–Crippen MR) is 112 cm³/mol. The van der Waals surface area contributed by atoms with Crippen molar-refractivity contribution in [3.05, 3.63) is 41.3 Å². The number of rotatable bonds is 8. The normalized spacial score (nSPS) is 11.8. The van der Waals surface area contributed by atoms with E-state index < -0.39 is 0 Å². The van der Waals surface area contributed by atoms with Crippen LogP contribution < -0.4 is 15.5 Å². The van der Waals surface area contributed by atoms with Crippen LogP contribution in [-0.4, -0.2) is 35.0 Å². The molecule has 6 heteroatoms. The first-order chi connectivity index (χ1) is 12.9. The summed E-state index contributed by atoms with van der Waals surface area (Å²) in [7, 11) is 0. The van der Waals surface area contributed by atoms with Crippen LogP contribution in [-0.2, 0) is 0 Å². The Balaban J connectivity index is 2.23. The van der Waals surface area contributed by atoms with Gasteiger partial charge in [0.1, 0.15) is 17.3 Å². The number of hydrogen-bond donors (Lipinski definition) is 2. The number of carbonyl (C=O) groups excluding carboxylic acids is 1. The Morgan fingerprint density at radius 1 is 1.11 bits per heavy atom. The van der Waals surface area contributed by atoms with E-state index in [0.717, 1.165) is 30.8 Å². The second-order valence-corrected chi connectivity index (χ2v) is 6.76. The summed E-state index contributed by atoms with van der Waals surface area (Å²) in [4.78, 5) is 23.4. The van der Waals surface area contributed by atoms with Crippen LogP contribution in [0, 0.1) is 13.8 Å². The number of benzene rings is 1. The van der Waals surface area contributed by atoms with Crippen molar-refractivity contribution in [2.75, 3.05) is 23.3 Å². The van der Waals surface area contributed by atoms with Gasteiger partial charge in [0.2, 0.25) is 0 Å². The van der Waals surface area contributed by atoms with Gasteiger partial charge in [-0.3, -0.25) is 4.79 Å². The van der Waals surface area contributed by atoms with E-state index in [4.69, 9.17) is 0 Å². The van der Waals surface area contributed by atoms with Crippen LogP contribution in [0.1, 0.15) is 56.0 Å². The zero-order chi connectivity index (χ0) is 20.0. The van der Waals surface area contributed by atoms with Crippen LogP contribution in [0.5, 0.6) is 0 Å². The summed E-state index contributed by atoms with van der Waals surface area (Å²) >= 11 is 0. The van der Waals surface area contributed by atoms with Crippen molar-refractivity contribution in [1.82, 2.24) is 15.3 Å². The highest BCUT2D eigenvalue weighted by atomic mass is 16.1. The minimum atomic E-state index is -0.175. The van der Waals surface area contributed by atoms with Gasteiger partial charge in [0.25, 0.3) is 5.91 Å². The Bertz CT molecular complexity index is 786. The summed E-state index contributed by atoms with van der Waals surface area (Å²) in [5, 5.41) is 6.27. The van der Waals surface area contributed by atoms with Crippen LogP contribution in [0.25, 0.3) is 0 Å². The minimum absolute atomic E-state index is 0.110. The zero-order valence-electron chi connectivity index (χ0n) is 17.3. The third-order valence-electron chi connectivity index (χ3n) is 4.66. The van der Waals surface area contributed by atoms with E-state index in [0.29, 0.717) is 17.3 Å². The first kappa shape index (κ1) is 20.7. The van der Waals surface area contributed by atoms with Gasteiger partial charge in [0, 0.05) is 36.6 Å². The number of nitrogens with one attached hydrogen (secondary N) is 2. The molecule has 1 aromatic carbocycles. The van der Waals surface area contributed by atoms with Gasteiger partial charge in [0.05, 0.1) is 0 Å². The Morgan fingerprint density at radius 3 is 2.41 bits per heavy atom. The molecular formula is C21H31N5O. The van der Waals surface area contributed by atoms with Crippen molar-refractivity contribution in [3.8, 4) is 0 Å². The van der Waals surface area contributed by atoms with E-state index in [1.165, 1.54) is 5.69 Å². The first-order valence-corrected chi connectivity index (χ1v) is 9.67. The van der Waals surface area contributed by atoms with Crippen LogP contribution in [0.4, 0.5) is 17.2 Å². The van der Waals surface area contributed by atoms with Gasteiger partial charge in [-0.05, 0) is 64.8 Å². The number of amides is 1. The number of aryl methyl sites for hydroxylation is 2. The minimum Gasteiger partial charge on any atom is -0.372 e. The Morgan fingerprint density at radius 2 is 1.81 bits per heavy atom. The summed E-state index contributed by atoms with van der Waals surface area (Å²) in [6.45, 7) is 14.1. The molecule has 0 aliphatic rings. The molecule has 6 nitrogen and oxygen atoms in total. The van der Waals surface area contributed by atoms with E-state index >= 15 is 0 Å². The third-order valence-corrected chi connectivity index (χ3v) is 4.66. The van der Waals surface area contributed by atoms with E-state index in [1.807, 2.05) is 13.8 Å². The maximum absolute atomic E-state index is 12.4. The monoisotopic (exact) mass is 369 g/mol. The Labute approximate surface area is 162 Å². The molecule has 1 heterocycles. The molecule has 0 saturated carbocycles. The summed E-state index contributed by atoms with van der Waals surface area (Å²) in [6, 6.07) is 8.13. The Kier molecular flexibility index (Phi) is 7.16. The lowest BCUT2D eigenvalue weighted by atomic mass is 10.1. The van der Waals surface area contributed by atoms with Gasteiger partial charge in [-0.2, -0.15) is 0 Å². The van der Waals surface area contributed by atoms with Crippen molar-refractivity contribution >= 4 is 23.1 Å². The second kappa shape index (κ2) is 9.35. The van der Waals surface area contributed by atoms with Crippen LogP contribution in [0.2, 0.25) is 0 Å². The largest absolute Gasteiger partial charge is 0.372 e. The maximum atomic E-state index is 12.4. The van der Waals surface area contributed by atoms with E-state index in [-0.39, 0.29) is 11.9 Å². The molecule has 1 atom stereocenters. The average Bonchev–Trinajstić information content (AvgIpc) is 2.64. The molecule has 0 fully saturated rings. The molecule has 0 spiro atoms. The molecule has 0 saturated heterocycles. The molecule has 1 aromatic heterocycles. The van der Waals surface area contributed by atoms with Gasteiger partial charge in [-0.1, -0.05) is 6.92 Å². The van der Waals surface area contributed by atoms with Gasteiger partial charge in [-0.25, -0.2) is 9.97 Å². The molecule has 2 rings (SSSR count). The molecular weight excluding hydrogens is 338 g/mol. The zero-order valence-corrected chi connectivity index (χ0v) is 17.3. The number of carbonyl (C=O) groups is 1. The lowest BCUT2D eigenvalue weighted by Gasteiger charge is -2.22. The fourth-order valence-corrected chi connectivity index (χ4v) is 2.86. The van der Waals surface area contributed by atoms with Crippen LogP contribution in [0.3, 0.4) is 0 Å². The van der Waals surface area contributed by atoms with E-state index in [9.17, 15) is 4.79 Å². The van der Waals surface area contributed by atoms with Crippen molar-refractivity contribution in [2.45, 2.75) is 54.0 Å². The summed E-state index contributed by atoms with van der Waals surface area (Å²) in [5.41, 5.74) is 3.68. The third kappa shape index (κ3) is 5.42. The van der Waals surface area contributed by atoms with Crippen molar-refractivity contribution < 1.29 is 4.79 Å². The second-order valence-electron chi connectivity index (χ2n) is 6.76. The summed E-state index contributed by atoms with van der Waals surface area (Å²) in [5.74, 6) is 1.01. The number of anilines is 3. The summed E-state index contributed by atoms with van der Waals surface area (Å²) in [6.07, 6.45) is 0.874. The number of hydrogen-bond acceptors (Lipinski definition) is 5. The SMILES string of the molecule is CCC(C)NC(=O)c1cc(Nc2ccc(N(CC)CC)cc2C)nc(C)n1. The smallest absolute Gasteiger partial charge is 0.270 e. The van der Waals surface area contributed by atoms with Crippen molar-refractivity contribution in [2.24, 2.45) is 0 Å². The standard InChI is InChI=1S/C21H31N5O/c1-7-15(5)22-21(27)19-13-20(24-16(6)23-19)25-18-11-10-17(12-14(18)4)26(8-2)9-3/h10-13,15H,7-9H2,1-6H3,(H,22,27)(H,23,24,25). The molecule has 0 bridgehead atoms. The fourth-order valence-electron chi connectivity index (χ4n) is 2.86. The molecule has 27 heavy (non-hydrogen) atoms. The quantitative estimate of drug-likeness (QED) is 0.729. The molecule has 0 aliphatic heterocycles. The van der Waals surface area contributed by atoms with Gasteiger partial charge in [0.15, 0.2) is 0 Å². The van der Waals surface area contributed by atoms with Gasteiger partial charge in [-0.15, -0.1) is 0 Å². The molecule has 2 N–H and O–H groups in total. The van der Waals surface area contributed by atoms with E-state index in [1.54, 1.807) is 13.0 Å². The highest BCUT2D eigenvalue weighted by Gasteiger charge is 2.13. The molecule has 0 radical (unpaired) electrons. The lowest BCUT2D eigenvalue weighted by Crippen LogP contribution is -2.32. The highest BCUT2D eigenvalue weighted by molar-refractivity contribution is 5.93. The summed E-state index contributed by atoms with van der Waals surface area (Å²) < 4.78 is 0. The topological polar surface area (TPSA) is 70.2 Å². The lowest BCUT2D eigenvalue weighted by molar-refractivity contribution is 0.0934. The average molecular weight is 370 g/mol. The number of aromatic nitrogens is 2. The fraction of sp³-hybridized carbons (Fsp3) is 0.476. The van der Waals surface area contributed by atoms with Crippen LogP contribution >= 0.6 is 0 Å². The van der Waals surface area contributed by atoms with Crippen LogP contribution in [0.15, 0.2) is 24.3 Å². The van der Waals surface area contributed by atoms with Gasteiger partial charge < -0.3 is 15.5 Å². The number of nitrogens with zero attached hydrogens (tertiary/aromatic N) is 3. The van der Waals surface area contributed by atoms with Crippen molar-refractivity contribution in [3.63, 3.8) is 0 Å². The molecule has 1 amide bonds. The molecule has 146 valence electrons. The molecule has 1 unspecified atom stereocenters. The molecule has 0 aliphatic carbocycles. The predicted octanol–water partition coefficient (Wildman–Crippen LogP) is 4.21.